The number of imide groups is 1. The number of anilines is 1. The normalized spacial score (nSPS) is 32.7. The number of rotatable bonds is 5. The second-order valence-electron chi connectivity index (χ2n) is 8.74. The van der Waals surface area contributed by atoms with Crippen LogP contribution >= 0.6 is 0 Å². The van der Waals surface area contributed by atoms with Gasteiger partial charge in [-0.25, -0.2) is 0 Å². The van der Waals surface area contributed by atoms with Crippen molar-refractivity contribution in [2.45, 2.75) is 6.42 Å². The molecule has 6 atom stereocenters. The zero-order valence-corrected chi connectivity index (χ0v) is 16.3. The van der Waals surface area contributed by atoms with Crippen LogP contribution in [0.5, 0.6) is 5.75 Å². The van der Waals surface area contributed by atoms with Gasteiger partial charge in [-0.05, 0) is 54.4 Å². The topological polar surface area (TPSA) is 63.7 Å². The lowest BCUT2D eigenvalue weighted by atomic mass is 9.63. The first-order valence-corrected chi connectivity index (χ1v) is 10.5. The zero-order chi connectivity index (χ0) is 20.4. The van der Waals surface area contributed by atoms with E-state index in [9.17, 15) is 14.4 Å². The standard InChI is InChI=1S/C25H21NO4/c27-21(14-4-2-1-3-5-14)13-30-16-8-6-15(7-9-16)26-24(28)22-17-10-11-18(20-12-19(17)20)23(22)25(26)29/h1-11,17-20,22-23H,12-13H2/t17-,18?,19?,20?,22?,23?/m1/s1. The average molecular weight is 399 g/mol. The van der Waals surface area contributed by atoms with Gasteiger partial charge >= 0.3 is 0 Å². The van der Waals surface area contributed by atoms with Crippen LogP contribution in [-0.2, 0) is 9.59 Å². The molecule has 7 rings (SSSR count). The molecule has 0 aromatic heterocycles. The molecule has 1 saturated heterocycles. The lowest BCUT2D eigenvalue weighted by molar-refractivity contribution is -0.124. The highest BCUT2D eigenvalue weighted by atomic mass is 16.5. The van der Waals surface area contributed by atoms with Gasteiger partial charge in [-0.1, -0.05) is 42.5 Å². The molecule has 5 nitrogen and oxygen atoms in total. The van der Waals surface area contributed by atoms with Crippen molar-refractivity contribution >= 4 is 23.3 Å². The number of carbonyl (C=O) groups is 3. The molecule has 1 aliphatic heterocycles. The molecule has 0 N–H and O–H groups in total. The molecule has 30 heavy (non-hydrogen) atoms. The molecule has 2 aromatic rings. The van der Waals surface area contributed by atoms with Crippen molar-refractivity contribution in [3.8, 4) is 5.75 Å². The van der Waals surface area contributed by atoms with E-state index in [2.05, 4.69) is 12.2 Å². The van der Waals surface area contributed by atoms with Crippen LogP contribution in [0.25, 0.3) is 0 Å². The summed E-state index contributed by atoms with van der Waals surface area (Å²) in [6, 6.07) is 15.9. The monoisotopic (exact) mass is 399 g/mol. The number of ether oxygens (including phenoxy) is 1. The van der Waals surface area contributed by atoms with E-state index in [4.69, 9.17) is 4.74 Å². The van der Waals surface area contributed by atoms with Crippen molar-refractivity contribution in [3.05, 3.63) is 72.3 Å². The maximum Gasteiger partial charge on any atom is 0.238 e. The summed E-state index contributed by atoms with van der Waals surface area (Å²) < 4.78 is 5.60. The third-order valence-corrected chi connectivity index (χ3v) is 7.22. The molecule has 2 saturated carbocycles. The van der Waals surface area contributed by atoms with E-state index in [1.165, 1.54) is 4.90 Å². The van der Waals surface area contributed by atoms with E-state index >= 15 is 0 Å². The molecule has 2 aromatic carbocycles. The summed E-state index contributed by atoms with van der Waals surface area (Å²) in [5.41, 5.74) is 1.18. The molecule has 0 spiro atoms. The molecule has 5 aliphatic rings. The largest absolute Gasteiger partial charge is 0.485 e. The number of Topliss-reactive ketones (excluding diaryl/α,β-unsaturated/α-hetero) is 1. The molecule has 150 valence electrons. The number of benzene rings is 2. The first-order valence-electron chi connectivity index (χ1n) is 10.5. The first-order chi connectivity index (χ1) is 14.6. The molecule has 2 amide bonds. The minimum absolute atomic E-state index is 0.0626. The van der Waals surface area contributed by atoms with Gasteiger partial charge in [0, 0.05) is 5.56 Å². The van der Waals surface area contributed by atoms with Gasteiger partial charge < -0.3 is 4.74 Å². The maximum atomic E-state index is 13.2. The van der Waals surface area contributed by atoms with E-state index in [0.29, 0.717) is 28.8 Å². The fraction of sp³-hybridized carbons (Fsp3) is 0.320. The van der Waals surface area contributed by atoms with Crippen LogP contribution in [0.2, 0.25) is 0 Å². The number of hydrogen-bond donors (Lipinski definition) is 0. The summed E-state index contributed by atoms with van der Waals surface area (Å²) >= 11 is 0. The van der Waals surface area contributed by atoms with Gasteiger partial charge in [-0.3, -0.25) is 19.3 Å². The Kier molecular flexibility index (Phi) is 3.76. The summed E-state index contributed by atoms with van der Waals surface area (Å²) in [5.74, 6) is 1.53. The predicted octanol–water partition coefficient (Wildman–Crippen LogP) is 3.51. The van der Waals surface area contributed by atoms with Gasteiger partial charge in [0.2, 0.25) is 11.8 Å². The van der Waals surface area contributed by atoms with E-state index in [1.807, 2.05) is 18.2 Å². The van der Waals surface area contributed by atoms with Crippen molar-refractivity contribution in [2.24, 2.45) is 35.5 Å². The van der Waals surface area contributed by atoms with Crippen LogP contribution in [0.3, 0.4) is 0 Å². The van der Waals surface area contributed by atoms with Gasteiger partial charge in [0.15, 0.2) is 12.4 Å². The van der Waals surface area contributed by atoms with Crippen molar-refractivity contribution in [1.82, 2.24) is 0 Å². The van der Waals surface area contributed by atoms with Gasteiger partial charge in [0.25, 0.3) is 0 Å². The zero-order valence-electron chi connectivity index (χ0n) is 16.3. The predicted molar refractivity (Wildman–Crippen MR) is 110 cm³/mol. The third kappa shape index (κ3) is 2.51. The Hall–Kier alpha value is -3.21. The van der Waals surface area contributed by atoms with Gasteiger partial charge in [0.1, 0.15) is 5.75 Å². The Labute approximate surface area is 174 Å². The van der Waals surface area contributed by atoms with Crippen LogP contribution in [0, 0.1) is 35.5 Å². The van der Waals surface area contributed by atoms with Crippen molar-refractivity contribution in [2.75, 3.05) is 11.5 Å². The summed E-state index contributed by atoms with van der Waals surface area (Å²) in [6.45, 7) is -0.0626. The van der Waals surface area contributed by atoms with E-state index in [1.54, 1.807) is 36.4 Å². The number of ketones is 1. The number of allylic oxidation sites excluding steroid dienone is 2. The van der Waals surface area contributed by atoms with Gasteiger partial charge in [-0.15, -0.1) is 0 Å². The van der Waals surface area contributed by atoms with Crippen LogP contribution in [0.1, 0.15) is 16.8 Å². The average Bonchev–Trinajstić information content (AvgIpc) is 3.57. The van der Waals surface area contributed by atoms with Crippen LogP contribution in [0.4, 0.5) is 5.69 Å². The highest BCUT2D eigenvalue weighted by Gasteiger charge is 2.67. The van der Waals surface area contributed by atoms with Crippen LogP contribution in [0.15, 0.2) is 66.7 Å². The number of nitrogens with zero attached hydrogens (tertiary/aromatic N) is 1. The van der Waals surface area contributed by atoms with E-state index < -0.39 is 0 Å². The number of hydrogen-bond acceptors (Lipinski definition) is 4. The summed E-state index contributed by atoms with van der Waals surface area (Å²) in [5, 5.41) is 0. The SMILES string of the molecule is O=C(COc1ccc(N2C(=O)C3C4C=C[C@H](C5CC45)C3C2=O)cc1)c1ccccc1. The second-order valence-corrected chi connectivity index (χ2v) is 8.74. The molecule has 3 fully saturated rings. The molecule has 2 bridgehead atoms. The Bertz CT molecular complexity index is 1040. The smallest absolute Gasteiger partial charge is 0.238 e. The Morgan fingerprint density at radius 3 is 2.07 bits per heavy atom. The van der Waals surface area contributed by atoms with Gasteiger partial charge in [-0.2, -0.15) is 0 Å². The fourth-order valence-electron chi connectivity index (χ4n) is 5.76. The minimum atomic E-state index is -0.198. The molecule has 4 aliphatic carbocycles. The summed E-state index contributed by atoms with van der Waals surface area (Å²) in [6.07, 6.45) is 5.51. The highest BCUT2D eigenvalue weighted by Crippen LogP contribution is 2.65. The minimum Gasteiger partial charge on any atom is -0.485 e. The number of carbonyl (C=O) groups excluding carboxylic acids is 3. The first kappa shape index (κ1) is 17.6. The fourth-order valence-corrected chi connectivity index (χ4v) is 5.76. The lowest BCUT2D eigenvalue weighted by Crippen LogP contribution is -2.40. The Morgan fingerprint density at radius 1 is 0.867 bits per heavy atom. The third-order valence-electron chi connectivity index (χ3n) is 7.22. The Balaban J connectivity index is 1.17. The van der Waals surface area contributed by atoms with Crippen molar-refractivity contribution in [3.63, 3.8) is 0 Å². The highest BCUT2D eigenvalue weighted by molar-refractivity contribution is 6.22. The van der Waals surface area contributed by atoms with Crippen molar-refractivity contribution < 1.29 is 19.1 Å². The lowest BCUT2D eigenvalue weighted by Gasteiger charge is -2.37. The summed E-state index contributed by atoms with van der Waals surface area (Å²) in [4.78, 5) is 39.9. The quantitative estimate of drug-likeness (QED) is 0.439. The van der Waals surface area contributed by atoms with Crippen molar-refractivity contribution in [1.29, 1.82) is 0 Å². The summed E-state index contributed by atoms with van der Waals surface area (Å²) in [7, 11) is 0. The van der Waals surface area contributed by atoms with Gasteiger partial charge in [0.05, 0.1) is 17.5 Å². The van der Waals surface area contributed by atoms with E-state index in [-0.39, 0.29) is 47.9 Å². The maximum absolute atomic E-state index is 13.2. The van der Waals surface area contributed by atoms with Crippen LogP contribution < -0.4 is 9.64 Å². The number of amides is 2. The molecular weight excluding hydrogens is 378 g/mol. The second kappa shape index (κ2) is 6.39. The molecule has 5 unspecified atom stereocenters. The Morgan fingerprint density at radius 2 is 1.47 bits per heavy atom. The van der Waals surface area contributed by atoms with E-state index in [0.717, 1.165) is 6.42 Å². The molecule has 0 radical (unpaired) electrons. The molecule has 5 heteroatoms. The molecular formula is C25H21NO4. The molecule has 1 heterocycles. The van der Waals surface area contributed by atoms with Crippen LogP contribution in [-0.4, -0.2) is 24.2 Å².